The maximum absolute atomic E-state index is 12.5. The summed E-state index contributed by atoms with van der Waals surface area (Å²) in [5.41, 5.74) is 1.39. The van der Waals surface area contributed by atoms with E-state index in [0.29, 0.717) is 29.3 Å². The van der Waals surface area contributed by atoms with Crippen LogP contribution in [0.4, 0.5) is 13.2 Å². The first-order valence-corrected chi connectivity index (χ1v) is 8.93. The Bertz CT molecular complexity index is 798. The van der Waals surface area contributed by atoms with Crippen LogP contribution in [-0.4, -0.2) is 16.5 Å². The number of rotatable bonds is 9. The van der Waals surface area contributed by atoms with Gasteiger partial charge in [0.25, 0.3) is 0 Å². The number of carbonyl (C=O) groups excluding carboxylic acids is 1. The van der Waals surface area contributed by atoms with Crippen LogP contribution in [0, 0.1) is 11.3 Å². The summed E-state index contributed by atoms with van der Waals surface area (Å²) >= 11 is 0. The fourth-order valence-corrected chi connectivity index (χ4v) is 2.60. The average molecular weight is 392 g/mol. The predicted octanol–water partition coefficient (Wildman–Crippen LogP) is 5.46. The first-order chi connectivity index (χ1) is 13.1. The highest BCUT2D eigenvalue weighted by molar-refractivity contribution is 6.07. The fourth-order valence-electron chi connectivity index (χ4n) is 2.60. The number of nitrogens with zero attached hydrogens (tertiary/aromatic N) is 1. The lowest BCUT2D eigenvalue weighted by Crippen LogP contribution is -2.11. The Morgan fingerprint density at radius 3 is 2.21 bits per heavy atom. The lowest BCUT2D eigenvalue weighted by Gasteiger charge is -2.09. The molecule has 0 atom stereocenters. The molecule has 0 aliphatic rings. The molecule has 0 aliphatic heterocycles. The van der Waals surface area contributed by atoms with E-state index in [1.807, 2.05) is 13.8 Å². The monoisotopic (exact) mass is 392 g/mol. The van der Waals surface area contributed by atoms with Crippen LogP contribution in [-0.2, 0) is 24.1 Å². The minimum Gasteiger partial charge on any atom is -0.372 e. The predicted molar refractivity (Wildman–Crippen MR) is 100 cm³/mol. The van der Waals surface area contributed by atoms with Crippen molar-refractivity contribution in [1.82, 2.24) is 4.98 Å². The normalized spacial score (nSPS) is 11.6. The number of aromatic nitrogens is 1. The van der Waals surface area contributed by atoms with Crippen molar-refractivity contribution in [3.63, 3.8) is 0 Å². The second-order valence-electron chi connectivity index (χ2n) is 7.04. The van der Waals surface area contributed by atoms with Crippen LogP contribution in [0.5, 0.6) is 0 Å². The molecule has 4 nitrogen and oxygen atoms in total. The molecule has 2 rings (SSSR count). The standard InChI is InChI=1S/C21H23F3N2O2/c1-14(2)9-18(25)10-20(27)19-8-5-16(11-26-19)13-28-12-15-3-6-17(7-4-15)21(22,23)24/h3-8,11,14,25H,9-10,12-13H2,1-2H3. The quantitative estimate of drug-likeness (QED) is 0.455. The highest BCUT2D eigenvalue weighted by Gasteiger charge is 2.29. The van der Waals surface area contributed by atoms with Crippen molar-refractivity contribution < 1.29 is 22.7 Å². The van der Waals surface area contributed by atoms with Crippen molar-refractivity contribution in [3.05, 3.63) is 65.0 Å². The van der Waals surface area contributed by atoms with Crippen LogP contribution >= 0.6 is 0 Å². The number of hydrogen-bond donors (Lipinski definition) is 1. The van der Waals surface area contributed by atoms with E-state index < -0.39 is 11.7 Å². The molecule has 0 spiro atoms. The van der Waals surface area contributed by atoms with Gasteiger partial charge in [0.15, 0.2) is 5.78 Å². The van der Waals surface area contributed by atoms with Gasteiger partial charge in [-0.3, -0.25) is 9.78 Å². The highest BCUT2D eigenvalue weighted by atomic mass is 19.4. The number of ether oxygens (including phenoxy) is 1. The van der Waals surface area contributed by atoms with Crippen LogP contribution in [0.2, 0.25) is 0 Å². The molecular weight excluding hydrogens is 369 g/mol. The van der Waals surface area contributed by atoms with E-state index in [2.05, 4.69) is 4.98 Å². The summed E-state index contributed by atoms with van der Waals surface area (Å²) in [6, 6.07) is 8.14. The molecule has 7 heteroatoms. The van der Waals surface area contributed by atoms with Crippen LogP contribution in [0.25, 0.3) is 0 Å². The largest absolute Gasteiger partial charge is 0.416 e. The molecule has 0 saturated heterocycles. The summed E-state index contributed by atoms with van der Waals surface area (Å²) in [5, 5.41) is 7.83. The molecule has 150 valence electrons. The zero-order valence-electron chi connectivity index (χ0n) is 15.8. The molecule has 1 N–H and O–H groups in total. The van der Waals surface area contributed by atoms with E-state index in [1.54, 1.807) is 12.1 Å². The maximum atomic E-state index is 12.5. The Labute approximate surface area is 162 Å². The summed E-state index contributed by atoms with van der Waals surface area (Å²) in [4.78, 5) is 16.3. The number of hydrogen-bond acceptors (Lipinski definition) is 4. The summed E-state index contributed by atoms with van der Waals surface area (Å²) in [7, 11) is 0. The van der Waals surface area contributed by atoms with E-state index in [-0.39, 0.29) is 25.4 Å². The smallest absolute Gasteiger partial charge is 0.372 e. The topological polar surface area (TPSA) is 63.0 Å². The fraction of sp³-hybridized carbons (Fsp3) is 0.381. The number of alkyl halides is 3. The first kappa shape index (κ1) is 21.8. The van der Waals surface area contributed by atoms with Crippen molar-refractivity contribution in [2.45, 2.75) is 46.1 Å². The second kappa shape index (κ2) is 9.59. The summed E-state index contributed by atoms with van der Waals surface area (Å²) < 4.78 is 43.1. The van der Waals surface area contributed by atoms with Gasteiger partial charge in [-0.1, -0.05) is 32.0 Å². The van der Waals surface area contributed by atoms with Gasteiger partial charge in [0, 0.05) is 11.9 Å². The molecule has 28 heavy (non-hydrogen) atoms. The Hall–Kier alpha value is -2.54. The third kappa shape index (κ3) is 6.88. The Balaban J connectivity index is 1.82. The number of carbonyl (C=O) groups is 1. The molecule has 2 aromatic rings. The zero-order chi connectivity index (χ0) is 20.7. The van der Waals surface area contributed by atoms with E-state index in [9.17, 15) is 18.0 Å². The first-order valence-electron chi connectivity index (χ1n) is 8.93. The number of nitrogens with one attached hydrogen (secondary N) is 1. The van der Waals surface area contributed by atoms with Crippen molar-refractivity contribution in [1.29, 1.82) is 5.41 Å². The van der Waals surface area contributed by atoms with Gasteiger partial charge in [0.05, 0.1) is 25.2 Å². The molecule has 0 bridgehead atoms. The summed E-state index contributed by atoms with van der Waals surface area (Å²) in [6.45, 7) is 4.39. The summed E-state index contributed by atoms with van der Waals surface area (Å²) in [6.07, 6.45) is -2.17. The van der Waals surface area contributed by atoms with Gasteiger partial charge in [-0.05, 0) is 41.7 Å². The van der Waals surface area contributed by atoms with Crippen LogP contribution in [0.3, 0.4) is 0 Å². The Morgan fingerprint density at radius 2 is 1.68 bits per heavy atom. The molecule has 0 radical (unpaired) electrons. The third-order valence-corrected chi connectivity index (χ3v) is 3.96. The van der Waals surface area contributed by atoms with Crippen molar-refractivity contribution in [3.8, 4) is 0 Å². The van der Waals surface area contributed by atoms with Crippen LogP contribution < -0.4 is 0 Å². The highest BCUT2D eigenvalue weighted by Crippen LogP contribution is 2.29. The molecular formula is C21H23F3N2O2. The summed E-state index contributed by atoms with van der Waals surface area (Å²) in [5.74, 6) is 0.139. The van der Waals surface area contributed by atoms with Gasteiger partial charge in [0.2, 0.25) is 0 Å². The minimum absolute atomic E-state index is 0.0644. The zero-order valence-corrected chi connectivity index (χ0v) is 15.8. The molecule has 0 saturated carbocycles. The lowest BCUT2D eigenvalue weighted by molar-refractivity contribution is -0.137. The molecule has 0 amide bonds. The van der Waals surface area contributed by atoms with E-state index in [1.165, 1.54) is 18.3 Å². The number of benzene rings is 1. The van der Waals surface area contributed by atoms with Crippen molar-refractivity contribution in [2.75, 3.05) is 0 Å². The van der Waals surface area contributed by atoms with Crippen LogP contribution in [0.1, 0.15) is 53.9 Å². The number of Topliss-reactive ketones (excluding diaryl/α,β-unsaturated/α-hetero) is 1. The molecule has 1 heterocycles. The molecule has 1 aromatic heterocycles. The van der Waals surface area contributed by atoms with Gasteiger partial charge in [0.1, 0.15) is 5.69 Å². The lowest BCUT2D eigenvalue weighted by atomic mass is 10.0. The van der Waals surface area contributed by atoms with Crippen LogP contribution in [0.15, 0.2) is 42.6 Å². The van der Waals surface area contributed by atoms with Gasteiger partial charge in [-0.15, -0.1) is 0 Å². The third-order valence-electron chi connectivity index (χ3n) is 3.96. The SMILES string of the molecule is CC(C)CC(=N)CC(=O)c1ccc(COCc2ccc(C(F)(F)F)cc2)cn1. The van der Waals surface area contributed by atoms with E-state index in [4.69, 9.17) is 10.1 Å². The van der Waals surface area contributed by atoms with E-state index >= 15 is 0 Å². The average Bonchev–Trinajstić information content (AvgIpc) is 2.61. The minimum atomic E-state index is -4.35. The molecule has 0 unspecified atom stereocenters. The van der Waals surface area contributed by atoms with Crippen molar-refractivity contribution in [2.24, 2.45) is 5.92 Å². The van der Waals surface area contributed by atoms with Gasteiger partial charge >= 0.3 is 6.18 Å². The van der Waals surface area contributed by atoms with E-state index in [0.717, 1.165) is 17.7 Å². The van der Waals surface area contributed by atoms with Gasteiger partial charge in [-0.25, -0.2) is 0 Å². The van der Waals surface area contributed by atoms with Gasteiger partial charge in [-0.2, -0.15) is 13.2 Å². The number of pyridine rings is 1. The molecule has 0 fully saturated rings. The molecule has 1 aromatic carbocycles. The number of halogens is 3. The second-order valence-corrected chi connectivity index (χ2v) is 7.04. The van der Waals surface area contributed by atoms with Gasteiger partial charge < -0.3 is 10.1 Å². The maximum Gasteiger partial charge on any atom is 0.416 e. The Kier molecular flexibility index (Phi) is 7.45. The molecule has 0 aliphatic carbocycles. The van der Waals surface area contributed by atoms with Crippen molar-refractivity contribution >= 4 is 11.5 Å². The Morgan fingerprint density at radius 1 is 1.07 bits per heavy atom. The number of ketones is 1.